The van der Waals surface area contributed by atoms with E-state index in [0.717, 1.165) is 25.6 Å². The van der Waals surface area contributed by atoms with Crippen LogP contribution in [-0.4, -0.2) is 50.1 Å². The van der Waals surface area contributed by atoms with Gasteiger partial charge >= 0.3 is 0 Å². The van der Waals surface area contributed by atoms with Gasteiger partial charge in [-0.3, -0.25) is 4.99 Å². The number of unbranched alkanes of at least 4 members (excludes halogenated alkanes) is 1. The highest BCUT2D eigenvalue weighted by Gasteiger charge is 2.15. The van der Waals surface area contributed by atoms with Gasteiger partial charge in [-0.1, -0.05) is 26.7 Å². The molecule has 19 heavy (non-hydrogen) atoms. The Balaban J connectivity index is 2.06. The maximum absolute atomic E-state index is 4.30. The van der Waals surface area contributed by atoms with E-state index in [1.807, 2.05) is 7.05 Å². The first-order valence-corrected chi connectivity index (χ1v) is 7.99. The van der Waals surface area contributed by atoms with E-state index in [0.29, 0.717) is 6.04 Å². The normalized spacial score (nSPS) is 17.2. The summed E-state index contributed by atoms with van der Waals surface area (Å²) in [6.07, 6.45) is 7.78. The van der Waals surface area contributed by atoms with Crippen molar-refractivity contribution in [1.29, 1.82) is 0 Å². The van der Waals surface area contributed by atoms with Gasteiger partial charge in [0.2, 0.25) is 0 Å². The quantitative estimate of drug-likeness (QED) is 0.403. The third-order valence-electron chi connectivity index (χ3n) is 4.01. The molecule has 0 amide bonds. The molecule has 0 aromatic heterocycles. The molecule has 1 aliphatic carbocycles. The number of hydrogen-bond acceptors (Lipinski definition) is 2. The van der Waals surface area contributed by atoms with E-state index in [4.69, 9.17) is 0 Å². The Bertz CT molecular complexity index is 243. The van der Waals surface area contributed by atoms with Gasteiger partial charge in [-0.2, -0.15) is 0 Å². The van der Waals surface area contributed by atoms with E-state index in [-0.39, 0.29) is 0 Å². The number of aliphatic imine (C=N–C) groups is 1. The molecule has 4 heteroatoms. The van der Waals surface area contributed by atoms with Gasteiger partial charge in [0.1, 0.15) is 0 Å². The minimum absolute atomic E-state index is 0.641. The van der Waals surface area contributed by atoms with Crippen LogP contribution in [0.3, 0.4) is 0 Å². The van der Waals surface area contributed by atoms with Crippen LogP contribution in [0, 0.1) is 0 Å². The first-order chi connectivity index (χ1) is 9.30. The lowest BCUT2D eigenvalue weighted by molar-refractivity contribution is 0.297. The Kier molecular flexibility index (Phi) is 8.63. The molecule has 0 heterocycles. The maximum atomic E-state index is 4.30. The first-order valence-electron chi connectivity index (χ1n) is 7.99. The molecule has 4 nitrogen and oxygen atoms in total. The van der Waals surface area contributed by atoms with Gasteiger partial charge in [0, 0.05) is 19.6 Å². The van der Waals surface area contributed by atoms with Crippen molar-refractivity contribution in [2.75, 3.05) is 33.2 Å². The van der Waals surface area contributed by atoms with E-state index in [2.05, 4.69) is 34.4 Å². The first kappa shape index (κ1) is 16.3. The number of nitrogens with one attached hydrogen (secondary N) is 2. The lowest BCUT2D eigenvalue weighted by atomic mass is 10.2. The number of nitrogens with zero attached hydrogens (tertiary/aromatic N) is 2. The highest BCUT2D eigenvalue weighted by Crippen LogP contribution is 2.17. The number of guanidine groups is 1. The van der Waals surface area contributed by atoms with Crippen molar-refractivity contribution in [1.82, 2.24) is 15.5 Å². The second-order valence-corrected chi connectivity index (χ2v) is 5.36. The molecule has 0 radical (unpaired) electrons. The van der Waals surface area contributed by atoms with Crippen LogP contribution in [0.25, 0.3) is 0 Å². The summed E-state index contributed by atoms with van der Waals surface area (Å²) in [4.78, 5) is 6.78. The average molecular weight is 268 g/mol. The van der Waals surface area contributed by atoms with Gasteiger partial charge < -0.3 is 15.5 Å². The van der Waals surface area contributed by atoms with Crippen molar-refractivity contribution in [2.24, 2.45) is 4.99 Å². The number of rotatable bonds is 8. The predicted molar refractivity (Wildman–Crippen MR) is 83.8 cm³/mol. The second kappa shape index (κ2) is 10.1. The van der Waals surface area contributed by atoms with Gasteiger partial charge in [-0.15, -0.1) is 0 Å². The largest absolute Gasteiger partial charge is 0.356 e. The third-order valence-corrected chi connectivity index (χ3v) is 4.01. The van der Waals surface area contributed by atoms with Crippen LogP contribution >= 0.6 is 0 Å². The van der Waals surface area contributed by atoms with Gasteiger partial charge in [0.25, 0.3) is 0 Å². The van der Waals surface area contributed by atoms with Crippen molar-refractivity contribution in [3.05, 3.63) is 0 Å². The maximum Gasteiger partial charge on any atom is 0.191 e. The Morgan fingerprint density at radius 3 is 2.42 bits per heavy atom. The van der Waals surface area contributed by atoms with Gasteiger partial charge in [0.15, 0.2) is 5.96 Å². The fourth-order valence-electron chi connectivity index (χ4n) is 2.67. The fraction of sp³-hybridized carbons (Fsp3) is 0.933. The van der Waals surface area contributed by atoms with Crippen molar-refractivity contribution < 1.29 is 0 Å². The summed E-state index contributed by atoms with van der Waals surface area (Å²) in [5, 5.41) is 6.94. The predicted octanol–water partition coefficient (Wildman–Crippen LogP) is 2.22. The molecule has 1 fully saturated rings. The Morgan fingerprint density at radius 2 is 1.84 bits per heavy atom. The van der Waals surface area contributed by atoms with Crippen LogP contribution in [-0.2, 0) is 0 Å². The monoisotopic (exact) mass is 268 g/mol. The molecule has 1 rings (SSSR count). The number of hydrogen-bond donors (Lipinski definition) is 2. The molecule has 0 unspecified atom stereocenters. The molecular weight excluding hydrogens is 236 g/mol. The molecule has 0 aliphatic heterocycles. The summed E-state index contributed by atoms with van der Waals surface area (Å²) in [5.74, 6) is 0.981. The van der Waals surface area contributed by atoms with E-state index in [1.165, 1.54) is 45.1 Å². The van der Waals surface area contributed by atoms with E-state index < -0.39 is 0 Å². The molecule has 0 aromatic rings. The molecule has 0 bridgehead atoms. The Hall–Kier alpha value is -0.770. The SMILES string of the molecule is CCN(CC)CCCCNC(=NC)NC1CCCC1. The van der Waals surface area contributed by atoms with Crippen molar-refractivity contribution >= 4 is 5.96 Å². The van der Waals surface area contributed by atoms with Gasteiger partial charge in [-0.05, 0) is 45.3 Å². The van der Waals surface area contributed by atoms with E-state index in [1.54, 1.807) is 0 Å². The fourth-order valence-corrected chi connectivity index (χ4v) is 2.67. The minimum Gasteiger partial charge on any atom is -0.356 e. The summed E-state index contributed by atoms with van der Waals surface area (Å²) in [6.45, 7) is 9.02. The zero-order valence-electron chi connectivity index (χ0n) is 13.0. The van der Waals surface area contributed by atoms with Crippen molar-refractivity contribution in [3.8, 4) is 0 Å². The molecule has 1 aliphatic rings. The summed E-state index contributed by atoms with van der Waals surface area (Å²) in [6, 6.07) is 0.641. The van der Waals surface area contributed by atoms with E-state index in [9.17, 15) is 0 Å². The smallest absolute Gasteiger partial charge is 0.191 e. The lowest BCUT2D eigenvalue weighted by Gasteiger charge is -2.19. The molecule has 0 saturated heterocycles. The summed E-state index contributed by atoms with van der Waals surface area (Å²) in [5.41, 5.74) is 0. The van der Waals surface area contributed by atoms with E-state index >= 15 is 0 Å². The van der Waals surface area contributed by atoms with Gasteiger partial charge in [0.05, 0.1) is 0 Å². The molecule has 112 valence electrons. The van der Waals surface area contributed by atoms with Crippen LogP contribution in [0.15, 0.2) is 4.99 Å². The van der Waals surface area contributed by atoms with Crippen LogP contribution < -0.4 is 10.6 Å². The topological polar surface area (TPSA) is 39.7 Å². The molecule has 0 aromatic carbocycles. The van der Waals surface area contributed by atoms with Crippen LogP contribution in [0.1, 0.15) is 52.4 Å². The highest BCUT2D eigenvalue weighted by atomic mass is 15.2. The summed E-state index contributed by atoms with van der Waals surface area (Å²) < 4.78 is 0. The Labute approximate surface area is 119 Å². The average Bonchev–Trinajstić information content (AvgIpc) is 2.94. The molecule has 0 spiro atoms. The summed E-state index contributed by atoms with van der Waals surface area (Å²) >= 11 is 0. The highest BCUT2D eigenvalue weighted by molar-refractivity contribution is 5.79. The van der Waals surface area contributed by atoms with Crippen molar-refractivity contribution in [3.63, 3.8) is 0 Å². The minimum atomic E-state index is 0.641. The van der Waals surface area contributed by atoms with Crippen LogP contribution in [0.2, 0.25) is 0 Å². The third kappa shape index (κ3) is 6.81. The molecule has 0 atom stereocenters. The lowest BCUT2D eigenvalue weighted by Crippen LogP contribution is -2.42. The molecule has 1 saturated carbocycles. The zero-order chi connectivity index (χ0) is 13.9. The zero-order valence-corrected chi connectivity index (χ0v) is 13.0. The molecular formula is C15H32N4. The second-order valence-electron chi connectivity index (χ2n) is 5.36. The Morgan fingerprint density at radius 1 is 1.16 bits per heavy atom. The van der Waals surface area contributed by atoms with Crippen molar-refractivity contribution in [2.45, 2.75) is 58.4 Å². The van der Waals surface area contributed by atoms with Gasteiger partial charge in [-0.25, -0.2) is 0 Å². The van der Waals surface area contributed by atoms with Crippen LogP contribution in [0.4, 0.5) is 0 Å². The van der Waals surface area contributed by atoms with Crippen LogP contribution in [0.5, 0.6) is 0 Å². The summed E-state index contributed by atoms with van der Waals surface area (Å²) in [7, 11) is 1.86. The standard InChI is InChI=1S/C15H32N4/c1-4-19(5-2)13-9-8-12-17-15(16-3)18-14-10-6-7-11-14/h14H,4-13H2,1-3H3,(H2,16,17,18). The molecule has 2 N–H and O–H groups in total.